The summed E-state index contributed by atoms with van der Waals surface area (Å²) in [5.41, 5.74) is 0. The third kappa shape index (κ3) is 4.27. The third-order valence-corrected chi connectivity index (χ3v) is 5.59. The van der Waals surface area contributed by atoms with E-state index in [9.17, 15) is 4.79 Å². The summed E-state index contributed by atoms with van der Waals surface area (Å²) in [6.07, 6.45) is 4.43. The first-order valence-electron chi connectivity index (χ1n) is 9.05. The highest BCUT2D eigenvalue weighted by Crippen LogP contribution is 2.28. The topological polar surface area (TPSA) is 58.6 Å². The lowest BCUT2D eigenvalue weighted by molar-refractivity contribution is -0.142. The van der Waals surface area contributed by atoms with Crippen LogP contribution in [0.1, 0.15) is 33.1 Å². The molecular weight excluding hydrogens is 336 g/mol. The lowest BCUT2D eigenvalue weighted by Crippen LogP contribution is -2.41. The monoisotopic (exact) mass is 362 g/mol. The lowest BCUT2D eigenvalue weighted by Gasteiger charge is -2.31. The fraction of sp³-hybridized carbons (Fsp3) is 0.611. The predicted octanol–water partition coefficient (Wildman–Crippen LogP) is 2.94. The normalized spacial score (nSPS) is 17.9. The average Bonchev–Trinajstić information content (AvgIpc) is 3.27. The van der Waals surface area contributed by atoms with Gasteiger partial charge in [-0.05, 0) is 44.3 Å². The number of likely N-dealkylation sites (tertiary alicyclic amines) is 1. The molecule has 3 heterocycles. The number of carbonyl (C=O) groups is 1. The molecule has 6 nitrogen and oxygen atoms in total. The van der Waals surface area contributed by atoms with Gasteiger partial charge in [-0.25, -0.2) is 9.97 Å². The molecule has 1 atom stereocenters. The number of thiophene rings is 1. The highest BCUT2D eigenvalue weighted by atomic mass is 32.1. The summed E-state index contributed by atoms with van der Waals surface area (Å²) < 4.78 is 5.11. The zero-order valence-corrected chi connectivity index (χ0v) is 15.8. The molecule has 0 saturated carbocycles. The Balaban J connectivity index is 1.81. The number of hydrogen-bond acceptors (Lipinski definition) is 7. The van der Waals surface area contributed by atoms with Crippen molar-refractivity contribution in [2.75, 3.05) is 37.7 Å². The summed E-state index contributed by atoms with van der Waals surface area (Å²) in [5, 5.41) is 3.11. The van der Waals surface area contributed by atoms with Crippen molar-refractivity contribution in [2.45, 2.75) is 39.2 Å². The van der Waals surface area contributed by atoms with E-state index < -0.39 is 0 Å². The molecule has 0 aliphatic carbocycles. The second-order valence-electron chi connectivity index (χ2n) is 6.26. The van der Waals surface area contributed by atoms with Crippen molar-refractivity contribution in [3.05, 3.63) is 17.8 Å². The van der Waals surface area contributed by atoms with E-state index in [1.165, 1.54) is 12.8 Å². The molecular formula is C18H26N4O2S. The van der Waals surface area contributed by atoms with Crippen LogP contribution in [0.25, 0.3) is 10.2 Å². The van der Waals surface area contributed by atoms with E-state index >= 15 is 0 Å². The molecule has 1 unspecified atom stereocenters. The van der Waals surface area contributed by atoms with E-state index in [1.807, 2.05) is 12.3 Å². The van der Waals surface area contributed by atoms with Crippen molar-refractivity contribution < 1.29 is 9.53 Å². The minimum absolute atomic E-state index is 0.151. The quantitative estimate of drug-likeness (QED) is 0.673. The summed E-state index contributed by atoms with van der Waals surface area (Å²) in [5.74, 6) is 0.778. The Labute approximate surface area is 152 Å². The first kappa shape index (κ1) is 18.1. The van der Waals surface area contributed by atoms with Gasteiger partial charge in [-0.15, -0.1) is 11.3 Å². The summed E-state index contributed by atoms with van der Waals surface area (Å²) in [7, 11) is 0. The molecule has 0 amide bonds. The maximum Gasteiger partial charge on any atom is 0.307 e. The molecule has 2 aromatic rings. The van der Waals surface area contributed by atoms with Crippen molar-refractivity contribution in [3.8, 4) is 0 Å². The van der Waals surface area contributed by atoms with Gasteiger partial charge in [0.05, 0.1) is 18.4 Å². The van der Waals surface area contributed by atoms with Gasteiger partial charge in [0.2, 0.25) is 0 Å². The molecule has 0 N–H and O–H groups in total. The van der Waals surface area contributed by atoms with E-state index in [-0.39, 0.29) is 5.97 Å². The molecule has 1 aliphatic heterocycles. The second kappa shape index (κ2) is 8.58. The van der Waals surface area contributed by atoms with Gasteiger partial charge in [0.25, 0.3) is 0 Å². The average molecular weight is 362 g/mol. The number of fused-ring (bicyclic) bond motifs is 1. The maximum atomic E-state index is 11.9. The van der Waals surface area contributed by atoms with Crippen LogP contribution in [-0.4, -0.2) is 59.7 Å². The van der Waals surface area contributed by atoms with Crippen LogP contribution >= 0.6 is 11.3 Å². The van der Waals surface area contributed by atoms with Crippen LogP contribution in [0.5, 0.6) is 0 Å². The third-order valence-electron chi connectivity index (χ3n) is 4.77. The van der Waals surface area contributed by atoms with E-state index in [1.54, 1.807) is 17.7 Å². The number of anilines is 1. The van der Waals surface area contributed by atoms with Crippen LogP contribution in [0.3, 0.4) is 0 Å². The van der Waals surface area contributed by atoms with Crippen molar-refractivity contribution in [1.29, 1.82) is 0 Å². The van der Waals surface area contributed by atoms with Gasteiger partial charge >= 0.3 is 5.97 Å². The number of hydrogen-bond donors (Lipinski definition) is 0. The summed E-state index contributed by atoms with van der Waals surface area (Å²) in [4.78, 5) is 26.5. The van der Waals surface area contributed by atoms with Crippen molar-refractivity contribution >= 4 is 33.3 Å². The van der Waals surface area contributed by atoms with Gasteiger partial charge in [-0.2, -0.15) is 0 Å². The molecule has 7 heteroatoms. The number of carbonyl (C=O) groups excluding carboxylic acids is 1. The summed E-state index contributed by atoms with van der Waals surface area (Å²) in [6.45, 7) is 8.20. The minimum Gasteiger partial charge on any atom is -0.466 e. The molecule has 1 fully saturated rings. The van der Waals surface area contributed by atoms with Crippen molar-refractivity contribution in [2.24, 2.45) is 0 Å². The number of esters is 1. The maximum absolute atomic E-state index is 11.9. The molecule has 0 radical (unpaired) electrons. The molecule has 1 saturated heterocycles. The van der Waals surface area contributed by atoms with Gasteiger partial charge in [-0.3, -0.25) is 9.69 Å². The van der Waals surface area contributed by atoms with E-state index in [0.29, 0.717) is 25.6 Å². The summed E-state index contributed by atoms with van der Waals surface area (Å²) in [6, 6.07) is 2.58. The second-order valence-corrected chi connectivity index (χ2v) is 7.16. The van der Waals surface area contributed by atoms with Crippen LogP contribution in [0.4, 0.5) is 5.82 Å². The number of ether oxygens (including phenoxy) is 1. The molecule has 3 rings (SSSR count). The zero-order valence-electron chi connectivity index (χ0n) is 15.0. The molecule has 136 valence electrons. The fourth-order valence-corrected chi connectivity index (χ4v) is 4.27. The Hall–Kier alpha value is -1.73. The Morgan fingerprint density at radius 1 is 1.44 bits per heavy atom. The van der Waals surface area contributed by atoms with E-state index in [0.717, 1.165) is 35.7 Å². The van der Waals surface area contributed by atoms with Gasteiger partial charge < -0.3 is 9.64 Å². The van der Waals surface area contributed by atoms with Crippen molar-refractivity contribution in [1.82, 2.24) is 14.9 Å². The molecule has 0 aromatic carbocycles. The SMILES string of the molecule is CCOC(=O)CCN(CC1CCCN1CC)c1ncnc2sccc12. The number of aromatic nitrogens is 2. The molecule has 1 aliphatic rings. The van der Waals surface area contributed by atoms with Crippen LogP contribution in [-0.2, 0) is 9.53 Å². The fourth-order valence-electron chi connectivity index (χ4n) is 3.54. The standard InChI is InChI=1S/C18H26N4O2S/c1-3-21-9-5-6-14(21)12-22(10-7-16(23)24-4-2)17-15-8-11-25-18(15)20-13-19-17/h8,11,13-14H,3-7,9-10,12H2,1-2H3. The Kier molecular flexibility index (Phi) is 6.20. The van der Waals surface area contributed by atoms with Crippen molar-refractivity contribution in [3.63, 3.8) is 0 Å². The van der Waals surface area contributed by atoms with E-state index in [4.69, 9.17) is 4.74 Å². The lowest BCUT2D eigenvalue weighted by atomic mass is 10.2. The smallest absolute Gasteiger partial charge is 0.307 e. The largest absolute Gasteiger partial charge is 0.466 e. The zero-order chi connectivity index (χ0) is 17.6. The summed E-state index contributed by atoms with van der Waals surface area (Å²) >= 11 is 1.62. The molecule has 0 bridgehead atoms. The highest BCUT2D eigenvalue weighted by Gasteiger charge is 2.26. The predicted molar refractivity (Wildman–Crippen MR) is 101 cm³/mol. The minimum atomic E-state index is -0.151. The molecule has 0 spiro atoms. The Morgan fingerprint density at radius 3 is 3.12 bits per heavy atom. The van der Waals surface area contributed by atoms with Gasteiger partial charge in [0.15, 0.2) is 0 Å². The van der Waals surface area contributed by atoms with Crippen LogP contribution in [0.2, 0.25) is 0 Å². The molecule has 25 heavy (non-hydrogen) atoms. The van der Waals surface area contributed by atoms with E-state index in [2.05, 4.69) is 32.8 Å². The van der Waals surface area contributed by atoms with Gasteiger partial charge in [-0.1, -0.05) is 6.92 Å². The van der Waals surface area contributed by atoms with Crippen LogP contribution < -0.4 is 4.90 Å². The first-order valence-corrected chi connectivity index (χ1v) is 9.93. The number of rotatable bonds is 8. The van der Waals surface area contributed by atoms with Gasteiger partial charge in [0.1, 0.15) is 17.0 Å². The number of likely N-dealkylation sites (N-methyl/N-ethyl adjacent to an activating group) is 1. The first-order chi connectivity index (χ1) is 12.2. The molecule has 2 aromatic heterocycles. The Bertz CT molecular complexity index is 705. The van der Waals surface area contributed by atoms with Crippen LogP contribution in [0.15, 0.2) is 17.8 Å². The van der Waals surface area contributed by atoms with Crippen LogP contribution in [0, 0.1) is 0 Å². The number of nitrogens with zero attached hydrogens (tertiary/aromatic N) is 4. The Morgan fingerprint density at radius 2 is 2.32 bits per heavy atom. The van der Waals surface area contributed by atoms with Gasteiger partial charge in [0, 0.05) is 19.1 Å². The highest BCUT2D eigenvalue weighted by molar-refractivity contribution is 7.16.